The summed E-state index contributed by atoms with van der Waals surface area (Å²) in [5.74, 6) is -0.947. The van der Waals surface area contributed by atoms with Crippen molar-refractivity contribution in [1.82, 2.24) is 20.4 Å². The molecule has 1 fully saturated rings. The number of aliphatic carboxylic acids is 1. The van der Waals surface area contributed by atoms with E-state index in [0.29, 0.717) is 22.8 Å². The summed E-state index contributed by atoms with van der Waals surface area (Å²) < 4.78 is 5.33. The van der Waals surface area contributed by atoms with Gasteiger partial charge in [-0.2, -0.15) is 0 Å². The Morgan fingerprint density at radius 2 is 2.06 bits per heavy atom. The van der Waals surface area contributed by atoms with Gasteiger partial charge in [-0.15, -0.1) is 23.5 Å². The van der Waals surface area contributed by atoms with Gasteiger partial charge in [-0.05, 0) is 35.9 Å². The van der Waals surface area contributed by atoms with Crippen molar-refractivity contribution in [2.24, 2.45) is 0 Å². The lowest BCUT2D eigenvalue weighted by atomic mass is 10.0. The lowest BCUT2D eigenvalue weighted by Gasteiger charge is -2.49. The van der Waals surface area contributed by atoms with E-state index in [0.717, 1.165) is 10.5 Å². The summed E-state index contributed by atoms with van der Waals surface area (Å²) in [5.41, 5.74) is 1.79. The molecule has 4 heterocycles. The molecule has 0 radical (unpaired) electrons. The average Bonchev–Trinajstić information content (AvgIpc) is 3.39. The summed E-state index contributed by atoms with van der Waals surface area (Å²) in [6, 6.07) is 14.1. The molecule has 0 spiro atoms. The summed E-state index contributed by atoms with van der Waals surface area (Å²) in [6.07, 6.45) is 6.57. The van der Waals surface area contributed by atoms with Crippen LogP contribution in [0.25, 0.3) is 17.3 Å². The molecule has 9 nitrogen and oxygen atoms in total. The van der Waals surface area contributed by atoms with Crippen molar-refractivity contribution in [1.29, 1.82) is 0 Å². The fourth-order valence-electron chi connectivity index (χ4n) is 3.85. The van der Waals surface area contributed by atoms with E-state index < -0.39 is 23.3 Å². The minimum absolute atomic E-state index is 0.0869. The highest BCUT2D eigenvalue weighted by atomic mass is 32.2. The summed E-state index contributed by atoms with van der Waals surface area (Å²) in [7, 11) is 0. The van der Waals surface area contributed by atoms with Crippen LogP contribution in [0.1, 0.15) is 5.76 Å². The lowest BCUT2D eigenvalue weighted by Crippen LogP contribution is -2.70. The average molecular weight is 521 g/mol. The smallest absolute Gasteiger partial charge is 0.352 e. The van der Waals surface area contributed by atoms with Gasteiger partial charge in [0.1, 0.15) is 22.8 Å². The molecule has 36 heavy (non-hydrogen) atoms. The maximum atomic E-state index is 12.8. The van der Waals surface area contributed by atoms with Crippen LogP contribution in [0.4, 0.5) is 0 Å². The zero-order valence-electron chi connectivity index (χ0n) is 18.7. The first-order valence-electron chi connectivity index (χ1n) is 10.9. The van der Waals surface area contributed by atoms with Gasteiger partial charge in [0.15, 0.2) is 5.76 Å². The molecule has 5 rings (SSSR count). The predicted octanol–water partition coefficient (Wildman–Crippen LogP) is 3.28. The van der Waals surface area contributed by atoms with Crippen LogP contribution in [-0.4, -0.2) is 60.9 Å². The van der Waals surface area contributed by atoms with Gasteiger partial charge in [0, 0.05) is 34.7 Å². The third-order valence-electron chi connectivity index (χ3n) is 5.56. The molecular formula is C25H20N4O5S2. The standard InChI is InChI=1S/C25H20N4O5S2/c30-20(14-35-18-6-2-1-3-7-18)27-21-23(31)29-22(25(32)33)16(13-36-24(21)29)8-9-17-11-19(28-34-17)15-5-4-10-26-12-15/h1-12,21,24H,13-14H2,(H,27,30)(H,32,33)/b9-8+/t21-,24-/m1/s1. The number of allylic oxidation sites excluding steroid dienone is 1. The second kappa shape index (κ2) is 10.4. The zero-order valence-corrected chi connectivity index (χ0v) is 20.4. The first-order valence-corrected chi connectivity index (χ1v) is 13.0. The topological polar surface area (TPSA) is 126 Å². The molecule has 0 saturated carbocycles. The highest BCUT2D eigenvalue weighted by Crippen LogP contribution is 2.41. The molecule has 2 N–H and O–H groups in total. The van der Waals surface area contributed by atoms with Crippen molar-refractivity contribution in [3.63, 3.8) is 0 Å². The number of rotatable bonds is 8. The summed E-state index contributed by atoms with van der Waals surface area (Å²) in [6.45, 7) is 0. The van der Waals surface area contributed by atoms with Crippen LogP contribution >= 0.6 is 23.5 Å². The number of pyridine rings is 1. The quantitative estimate of drug-likeness (QED) is 0.340. The Labute approximate surface area is 214 Å². The summed E-state index contributed by atoms with van der Waals surface area (Å²) in [4.78, 5) is 43.6. The molecule has 0 aliphatic carbocycles. The van der Waals surface area contributed by atoms with Gasteiger partial charge >= 0.3 is 5.97 Å². The Balaban J connectivity index is 1.26. The van der Waals surface area contributed by atoms with Crippen LogP contribution in [0, 0.1) is 0 Å². The van der Waals surface area contributed by atoms with E-state index in [-0.39, 0.29) is 17.4 Å². The third-order valence-corrected chi connectivity index (χ3v) is 7.88. The minimum atomic E-state index is -1.20. The van der Waals surface area contributed by atoms with Gasteiger partial charge in [-0.1, -0.05) is 29.4 Å². The number of β-lactam (4-membered cyclic amide) rings is 1. The van der Waals surface area contributed by atoms with Crippen molar-refractivity contribution in [2.75, 3.05) is 11.5 Å². The highest BCUT2D eigenvalue weighted by molar-refractivity contribution is 8.00. The first kappa shape index (κ1) is 23.9. The minimum Gasteiger partial charge on any atom is -0.477 e. The molecular weight excluding hydrogens is 500 g/mol. The van der Waals surface area contributed by atoms with E-state index in [9.17, 15) is 19.5 Å². The fraction of sp³-hybridized carbons (Fsp3) is 0.160. The Kier molecular flexibility index (Phi) is 6.92. The van der Waals surface area contributed by atoms with Gasteiger partial charge in [0.2, 0.25) is 5.91 Å². The molecule has 182 valence electrons. The number of nitrogens with one attached hydrogen (secondary N) is 1. The highest BCUT2D eigenvalue weighted by Gasteiger charge is 2.53. The first-order chi connectivity index (χ1) is 17.5. The number of benzene rings is 1. The van der Waals surface area contributed by atoms with Crippen LogP contribution in [0.3, 0.4) is 0 Å². The number of fused-ring (bicyclic) bond motifs is 1. The zero-order chi connectivity index (χ0) is 25.1. The number of hydrogen-bond acceptors (Lipinski definition) is 8. The van der Waals surface area contributed by atoms with E-state index in [1.165, 1.54) is 28.4 Å². The molecule has 2 aromatic heterocycles. The van der Waals surface area contributed by atoms with E-state index in [4.69, 9.17) is 4.52 Å². The van der Waals surface area contributed by atoms with Crippen molar-refractivity contribution < 1.29 is 24.0 Å². The number of hydrogen-bond donors (Lipinski definition) is 2. The van der Waals surface area contributed by atoms with Crippen molar-refractivity contribution in [2.45, 2.75) is 16.3 Å². The lowest BCUT2D eigenvalue weighted by molar-refractivity contribution is -0.150. The Hall–Kier alpha value is -3.83. The number of aromatic nitrogens is 2. The molecule has 1 aromatic carbocycles. The van der Waals surface area contributed by atoms with Crippen molar-refractivity contribution >= 4 is 47.4 Å². The molecule has 3 aromatic rings. The number of carbonyl (C=O) groups is 3. The molecule has 1 saturated heterocycles. The van der Waals surface area contributed by atoms with Crippen LogP contribution in [0.2, 0.25) is 0 Å². The fourth-order valence-corrected chi connectivity index (χ4v) is 5.90. The normalized spacial score (nSPS) is 19.2. The molecule has 0 unspecified atom stereocenters. The van der Waals surface area contributed by atoms with Crippen LogP contribution in [-0.2, 0) is 14.4 Å². The summed E-state index contributed by atoms with van der Waals surface area (Å²) in [5, 5.41) is 16.2. The van der Waals surface area contributed by atoms with Gasteiger partial charge in [0.05, 0.1) is 5.75 Å². The largest absolute Gasteiger partial charge is 0.477 e. The number of carboxylic acids is 1. The second-order valence-electron chi connectivity index (χ2n) is 7.93. The molecule has 2 aliphatic rings. The Bertz CT molecular complexity index is 1360. The molecule has 2 aliphatic heterocycles. The molecule has 0 bridgehead atoms. The van der Waals surface area contributed by atoms with Crippen LogP contribution in [0.15, 0.2) is 87.7 Å². The predicted molar refractivity (Wildman–Crippen MR) is 136 cm³/mol. The van der Waals surface area contributed by atoms with Gasteiger partial charge in [0.25, 0.3) is 5.91 Å². The van der Waals surface area contributed by atoms with Crippen molar-refractivity contribution in [3.8, 4) is 11.3 Å². The van der Waals surface area contributed by atoms with Gasteiger partial charge < -0.3 is 14.9 Å². The van der Waals surface area contributed by atoms with Gasteiger partial charge in [-0.25, -0.2) is 4.79 Å². The second-order valence-corrected chi connectivity index (χ2v) is 10.1. The van der Waals surface area contributed by atoms with Crippen LogP contribution in [0.5, 0.6) is 0 Å². The van der Waals surface area contributed by atoms with Gasteiger partial charge in [-0.3, -0.25) is 19.5 Å². The maximum Gasteiger partial charge on any atom is 0.352 e. The monoisotopic (exact) mass is 520 g/mol. The number of amides is 2. The van der Waals surface area contributed by atoms with E-state index in [1.54, 1.807) is 36.7 Å². The maximum absolute atomic E-state index is 12.8. The van der Waals surface area contributed by atoms with E-state index in [2.05, 4.69) is 15.5 Å². The molecule has 11 heteroatoms. The number of carboxylic acid groups (broad SMARTS) is 1. The van der Waals surface area contributed by atoms with E-state index in [1.807, 2.05) is 36.4 Å². The van der Waals surface area contributed by atoms with Crippen molar-refractivity contribution in [3.05, 3.63) is 84.0 Å². The molecule has 2 amide bonds. The summed E-state index contributed by atoms with van der Waals surface area (Å²) >= 11 is 2.78. The number of thioether (sulfide) groups is 2. The number of carbonyl (C=O) groups excluding carboxylic acids is 2. The third kappa shape index (κ3) is 4.93. The SMILES string of the molecule is O=C(CSc1ccccc1)N[C@@H]1C(=O)N2C(C(=O)O)=C(/C=C/c3cc(-c4cccnc4)no3)CS[C@H]12. The Morgan fingerprint density at radius 1 is 1.22 bits per heavy atom. The van der Waals surface area contributed by atoms with Crippen LogP contribution < -0.4 is 5.32 Å². The van der Waals surface area contributed by atoms with E-state index >= 15 is 0 Å². The molecule has 2 atom stereocenters. The number of nitrogens with zero attached hydrogens (tertiary/aromatic N) is 3. The Morgan fingerprint density at radius 3 is 2.81 bits per heavy atom.